The van der Waals surface area contributed by atoms with E-state index in [1.54, 1.807) is 11.3 Å². The Labute approximate surface area is 195 Å². The van der Waals surface area contributed by atoms with E-state index in [0.29, 0.717) is 11.5 Å². The molecule has 2 fully saturated rings. The number of aliphatic carboxylic acids is 1. The number of piperidine rings is 1. The Morgan fingerprint density at radius 2 is 1.75 bits per heavy atom. The van der Waals surface area contributed by atoms with Crippen LogP contribution in [0.25, 0.3) is 11.3 Å². The molecule has 0 spiro atoms. The lowest BCUT2D eigenvalue weighted by Crippen LogP contribution is -2.35. The van der Waals surface area contributed by atoms with E-state index in [4.69, 9.17) is 14.8 Å². The van der Waals surface area contributed by atoms with Gasteiger partial charge < -0.3 is 9.84 Å². The van der Waals surface area contributed by atoms with Gasteiger partial charge in [-0.2, -0.15) is 0 Å². The number of thiazole rings is 1. The van der Waals surface area contributed by atoms with E-state index in [0.717, 1.165) is 73.2 Å². The largest absolute Gasteiger partial charge is 0.490 e. The molecule has 4 rings (SSSR count). The lowest BCUT2D eigenvalue weighted by Gasteiger charge is -2.36. The first kappa shape index (κ1) is 23.2. The van der Waals surface area contributed by atoms with Gasteiger partial charge in [-0.3, -0.25) is 9.69 Å². The standard InChI is InChI=1S/C26H36N2O3S/c1-26(2,3)20-6-10-22(11-7-20)31-21-8-4-18(5-9-21)23-17-32-24(27-23)16-28-14-12-19(13-15-28)25(29)30/h4-5,8-9,17,19-20,22H,6-7,10-16H2,1-3H3,(H,29,30). The van der Waals surface area contributed by atoms with Gasteiger partial charge in [0.15, 0.2) is 0 Å². The number of aromatic nitrogens is 1. The van der Waals surface area contributed by atoms with Crippen molar-refractivity contribution in [3.8, 4) is 17.0 Å². The molecule has 2 heterocycles. The average molecular weight is 457 g/mol. The summed E-state index contributed by atoms with van der Waals surface area (Å²) < 4.78 is 6.27. The number of hydrogen-bond acceptors (Lipinski definition) is 5. The maximum absolute atomic E-state index is 11.1. The van der Waals surface area contributed by atoms with Crippen LogP contribution in [0.2, 0.25) is 0 Å². The Morgan fingerprint density at radius 3 is 2.34 bits per heavy atom. The summed E-state index contributed by atoms with van der Waals surface area (Å²) in [7, 11) is 0. The molecular formula is C26H36N2O3S. The van der Waals surface area contributed by atoms with Crippen LogP contribution in [-0.2, 0) is 11.3 Å². The van der Waals surface area contributed by atoms with Gasteiger partial charge in [-0.1, -0.05) is 20.8 Å². The van der Waals surface area contributed by atoms with Gasteiger partial charge in [0.1, 0.15) is 10.8 Å². The summed E-state index contributed by atoms with van der Waals surface area (Å²) >= 11 is 1.68. The molecule has 32 heavy (non-hydrogen) atoms. The van der Waals surface area contributed by atoms with Crippen molar-refractivity contribution >= 4 is 17.3 Å². The summed E-state index contributed by atoms with van der Waals surface area (Å²) in [5, 5.41) is 12.4. The lowest BCUT2D eigenvalue weighted by molar-refractivity contribution is -0.143. The molecule has 1 saturated heterocycles. The van der Waals surface area contributed by atoms with E-state index in [1.165, 1.54) is 12.8 Å². The molecule has 0 radical (unpaired) electrons. The lowest BCUT2D eigenvalue weighted by atomic mass is 9.72. The third kappa shape index (κ3) is 5.90. The molecule has 0 unspecified atom stereocenters. The van der Waals surface area contributed by atoms with Gasteiger partial charge in [0, 0.05) is 10.9 Å². The molecule has 1 N–H and O–H groups in total. The predicted molar refractivity (Wildman–Crippen MR) is 129 cm³/mol. The Bertz CT molecular complexity index is 887. The Morgan fingerprint density at radius 1 is 1.09 bits per heavy atom. The fraction of sp³-hybridized carbons (Fsp3) is 0.615. The van der Waals surface area contributed by atoms with Gasteiger partial charge in [0.2, 0.25) is 0 Å². The zero-order valence-electron chi connectivity index (χ0n) is 19.5. The van der Waals surface area contributed by atoms with Crippen molar-refractivity contribution < 1.29 is 14.6 Å². The van der Waals surface area contributed by atoms with Crippen molar-refractivity contribution in [3.63, 3.8) is 0 Å². The van der Waals surface area contributed by atoms with Gasteiger partial charge in [0.05, 0.1) is 24.3 Å². The van der Waals surface area contributed by atoms with Crippen molar-refractivity contribution in [2.24, 2.45) is 17.3 Å². The van der Waals surface area contributed by atoms with E-state index in [2.05, 4.69) is 55.3 Å². The molecule has 6 heteroatoms. The van der Waals surface area contributed by atoms with Crippen LogP contribution in [-0.4, -0.2) is 40.2 Å². The zero-order chi connectivity index (χ0) is 22.7. The number of likely N-dealkylation sites (tertiary alicyclic amines) is 1. The molecule has 1 aromatic carbocycles. The monoisotopic (exact) mass is 456 g/mol. The van der Waals surface area contributed by atoms with Crippen LogP contribution in [0.15, 0.2) is 29.6 Å². The molecule has 2 aliphatic rings. The topological polar surface area (TPSA) is 62.7 Å². The highest BCUT2D eigenvalue weighted by atomic mass is 32.1. The number of carboxylic acids is 1. The van der Waals surface area contributed by atoms with Crippen LogP contribution in [0.5, 0.6) is 5.75 Å². The number of ether oxygens (including phenoxy) is 1. The van der Waals surface area contributed by atoms with Crippen LogP contribution >= 0.6 is 11.3 Å². The van der Waals surface area contributed by atoms with Crippen molar-refractivity contribution in [1.29, 1.82) is 0 Å². The number of carbonyl (C=O) groups is 1. The second-order valence-electron chi connectivity index (χ2n) is 10.5. The highest BCUT2D eigenvalue weighted by Gasteiger charge is 2.30. The smallest absolute Gasteiger partial charge is 0.306 e. The third-order valence-corrected chi connectivity index (χ3v) is 8.03. The molecular weight excluding hydrogens is 420 g/mol. The van der Waals surface area contributed by atoms with Crippen LogP contribution in [0.1, 0.15) is 64.3 Å². The average Bonchev–Trinajstić information content (AvgIpc) is 3.23. The van der Waals surface area contributed by atoms with Gasteiger partial charge in [-0.15, -0.1) is 11.3 Å². The molecule has 1 saturated carbocycles. The molecule has 1 aromatic heterocycles. The van der Waals surface area contributed by atoms with Gasteiger partial charge in [-0.25, -0.2) is 4.98 Å². The molecule has 5 nitrogen and oxygen atoms in total. The summed E-state index contributed by atoms with van der Waals surface area (Å²) in [5.41, 5.74) is 2.51. The molecule has 174 valence electrons. The first-order valence-electron chi connectivity index (χ1n) is 11.9. The molecule has 0 bridgehead atoms. The number of rotatable bonds is 6. The molecule has 1 aliphatic carbocycles. The Kier molecular flexibility index (Phi) is 7.21. The van der Waals surface area contributed by atoms with E-state index >= 15 is 0 Å². The van der Waals surface area contributed by atoms with Crippen LogP contribution < -0.4 is 4.74 Å². The fourth-order valence-corrected chi connectivity index (χ4v) is 5.83. The van der Waals surface area contributed by atoms with Gasteiger partial charge in [-0.05, 0) is 87.2 Å². The minimum absolute atomic E-state index is 0.188. The highest BCUT2D eigenvalue weighted by Crippen LogP contribution is 2.39. The zero-order valence-corrected chi connectivity index (χ0v) is 20.4. The summed E-state index contributed by atoms with van der Waals surface area (Å²) in [6.45, 7) is 9.51. The van der Waals surface area contributed by atoms with E-state index in [9.17, 15) is 4.79 Å². The quantitative estimate of drug-likeness (QED) is 0.570. The normalized spacial score (nSPS) is 23.2. The van der Waals surface area contributed by atoms with Crippen molar-refractivity contribution in [3.05, 3.63) is 34.7 Å². The second kappa shape index (κ2) is 9.92. The van der Waals surface area contributed by atoms with Crippen molar-refractivity contribution in [2.75, 3.05) is 13.1 Å². The summed E-state index contributed by atoms with van der Waals surface area (Å²) in [4.78, 5) is 18.3. The second-order valence-corrected chi connectivity index (χ2v) is 11.4. The van der Waals surface area contributed by atoms with Crippen LogP contribution in [0.3, 0.4) is 0 Å². The molecule has 0 atom stereocenters. The van der Waals surface area contributed by atoms with Crippen LogP contribution in [0.4, 0.5) is 0 Å². The summed E-state index contributed by atoms with van der Waals surface area (Å²) in [5.74, 6) is 0.899. The van der Waals surface area contributed by atoms with Crippen molar-refractivity contribution in [1.82, 2.24) is 9.88 Å². The maximum Gasteiger partial charge on any atom is 0.306 e. The Balaban J connectivity index is 1.28. The van der Waals surface area contributed by atoms with Crippen molar-refractivity contribution in [2.45, 2.75) is 71.9 Å². The van der Waals surface area contributed by atoms with E-state index in [1.807, 2.05) is 0 Å². The molecule has 1 aliphatic heterocycles. The first-order chi connectivity index (χ1) is 15.3. The van der Waals surface area contributed by atoms with Crippen LogP contribution in [0, 0.1) is 17.3 Å². The first-order valence-corrected chi connectivity index (χ1v) is 12.8. The third-order valence-electron chi connectivity index (χ3n) is 7.20. The number of hydrogen-bond donors (Lipinski definition) is 1. The highest BCUT2D eigenvalue weighted by molar-refractivity contribution is 7.09. The predicted octanol–water partition coefficient (Wildman–Crippen LogP) is 6.09. The van der Waals surface area contributed by atoms with Gasteiger partial charge in [0.25, 0.3) is 0 Å². The minimum atomic E-state index is -0.661. The Hall–Kier alpha value is -1.92. The maximum atomic E-state index is 11.1. The van der Waals surface area contributed by atoms with Gasteiger partial charge >= 0.3 is 5.97 Å². The number of benzene rings is 1. The molecule has 2 aromatic rings. The summed E-state index contributed by atoms with van der Waals surface area (Å²) in [6, 6.07) is 8.35. The SMILES string of the molecule is CC(C)(C)C1CCC(Oc2ccc(-c3csc(CN4CCC(C(=O)O)CC4)n3)cc2)CC1. The number of nitrogens with zero attached hydrogens (tertiary/aromatic N) is 2. The van der Waals surface area contributed by atoms with E-state index in [-0.39, 0.29) is 5.92 Å². The summed E-state index contributed by atoms with van der Waals surface area (Å²) in [6.07, 6.45) is 6.57. The number of carboxylic acid groups (broad SMARTS) is 1. The van der Waals surface area contributed by atoms with E-state index < -0.39 is 5.97 Å². The fourth-order valence-electron chi connectivity index (χ4n) is 4.99. The molecule has 0 amide bonds. The minimum Gasteiger partial charge on any atom is -0.490 e.